The Labute approximate surface area is 742 Å². The fourth-order valence-corrected chi connectivity index (χ4v) is 16.3. The fourth-order valence-electron chi connectivity index (χ4n) is 15.9. The fraction of sp³-hybridized carbons (Fsp3) is 0.420. The number of aliphatic hydroxyl groups excluding tert-OH is 7. The van der Waals surface area contributed by atoms with Crippen molar-refractivity contribution >= 4 is 76.4 Å². The van der Waals surface area contributed by atoms with Gasteiger partial charge in [-0.25, -0.2) is 4.79 Å². The summed E-state index contributed by atoms with van der Waals surface area (Å²) in [5.74, 6) is -17.1. The molecule has 8 amide bonds. The molecule has 0 radical (unpaired) electrons. The number of methoxy groups -OCH3 is 1. The highest BCUT2D eigenvalue weighted by molar-refractivity contribution is 6.33. The predicted molar refractivity (Wildman–Crippen MR) is 452 cm³/mol. The number of fused-ring (bicyclic) bond motifs is 14. The molecule has 684 valence electrons. The van der Waals surface area contributed by atoms with E-state index in [1.165, 1.54) is 55.6 Å². The lowest BCUT2D eigenvalue weighted by molar-refractivity contribution is -0.277. The van der Waals surface area contributed by atoms with Gasteiger partial charge in [-0.3, -0.25) is 38.4 Å². The van der Waals surface area contributed by atoms with Crippen molar-refractivity contribution in [3.05, 3.63) is 164 Å². The average molecular weight is 1820 g/mol. The molecular formula is C88H100Cl2N10O28. The van der Waals surface area contributed by atoms with Crippen molar-refractivity contribution in [3.63, 3.8) is 0 Å². The molecule has 128 heavy (non-hydrogen) atoms. The number of phenols is 4. The van der Waals surface area contributed by atoms with Crippen LogP contribution in [0.15, 0.2) is 115 Å². The van der Waals surface area contributed by atoms with E-state index in [0.717, 1.165) is 112 Å². The van der Waals surface area contributed by atoms with Crippen LogP contribution in [-0.4, -0.2) is 236 Å². The van der Waals surface area contributed by atoms with Gasteiger partial charge in [-0.1, -0.05) is 105 Å². The molecule has 2 saturated heterocycles. The number of carbonyl (C=O) groups is 9. The van der Waals surface area contributed by atoms with Gasteiger partial charge >= 0.3 is 5.97 Å². The summed E-state index contributed by atoms with van der Waals surface area (Å²) in [7, 11) is 5.94. The number of rotatable bonds is 22. The van der Waals surface area contributed by atoms with Crippen LogP contribution in [0.4, 0.5) is 0 Å². The van der Waals surface area contributed by atoms with Crippen molar-refractivity contribution in [1.29, 1.82) is 0 Å². The Morgan fingerprint density at radius 2 is 1.20 bits per heavy atom. The van der Waals surface area contributed by atoms with Crippen molar-refractivity contribution in [2.75, 3.05) is 47.9 Å². The van der Waals surface area contributed by atoms with E-state index in [2.05, 4.69) is 54.8 Å². The number of ether oxygens (including phenoxy) is 8. The number of hydrogen-bond acceptors (Lipinski definition) is 30. The Kier molecular flexibility index (Phi) is 30.1. The molecule has 8 aliphatic rings. The van der Waals surface area contributed by atoms with Gasteiger partial charge in [0, 0.05) is 48.2 Å². The minimum Gasteiger partial charge on any atom is -0.508 e. The third-order valence-corrected chi connectivity index (χ3v) is 23.5. The first kappa shape index (κ1) is 93.7. The maximum atomic E-state index is 16.9. The van der Waals surface area contributed by atoms with Crippen molar-refractivity contribution in [2.24, 2.45) is 0 Å². The first-order valence-corrected chi connectivity index (χ1v) is 42.3. The van der Waals surface area contributed by atoms with Gasteiger partial charge in [0.1, 0.15) is 131 Å². The van der Waals surface area contributed by atoms with E-state index < -0.39 is 271 Å². The minimum atomic E-state index is -2.43. The first-order chi connectivity index (χ1) is 61.2. The summed E-state index contributed by atoms with van der Waals surface area (Å²) in [6.45, 7) is 1.46. The molecule has 2 fully saturated rings. The number of benzene rings is 7. The summed E-state index contributed by atoms with van der Waals surface area (Å²) in [4.78, 5) is 141. The Hall–Kier alpha value is -11.9. The van der Waals surface area contributed by atoms with Crippen LogP contribution < -0.4 is 71.5 Å². The zero-order valence-electron chi connectivity index (χ0n) is 69.8. The van der Waals surface area contributed by atoms with Crippen LogP contribution in [0, 0.1) is 0 Å². The molecule has 7 aromatic rings. The topological polar surface area (TPSA) is 562 Å². The minimum absolute atomic E-state index is 0.0893. The number of unbranched alkanes of at least 4 members (excludes halogenated alkanes) is 7. The number of esters is 1. The number of hydrogen-bond donors (Lipinski definition) is 20. The molecule has 8 aliphatic heterocycles. The standard InChI is InChI=1S/C88H100Cl2N10O28/c1-6-7-8-9-10-11-12-13-15-61(106)94-70-73(109)75(111)78(86(120)121-5)128-87(70)127-77-58-32-43-33-59(77)124-55-25-20-42(30-50(55)89)71(107)69-85(119)98-67(80(114)92-26-14-27-100(3)4)48-34-44(102)35-57(125-88-76(112)74(110)72(108)60(38-101)126-88)62(48)47-29-40(18-23-52(47)103)65(82(116)99-69)95-83(117)66(43)96-84(118)68-49-36-46(37-54(105)63(49)90)123-56-31-41(19-24-53(56)104)64(91-2)81(115)93-51(79(113)97-68)28-39-16-21-45(122-58)22-17-39/h16-25,29-37,51,60,64-76,78,87-88,91,101-105,107-112H,6-15,26-28,38H2,1-5H3,(H,92,114)(H,93,115)(H,94,106)(H,95,117)(H,96,118)(H,97,113)(H,98,119)(H,99,116)/t51-,60-,64-,65-,66-,67+,68+,69+,70-,71-,72-,73-,74+,75+,76+,78+,87-,88+/m1/s1. The van der Waals surface area contributed by atoms with E-state index >= 15 is 28.8 Å². The highest BCUT2D eigenvalue weighted by atomic mass is 35.5. The SMILES string of the molecule is CCCCCCCCCCC(=O)N[C@H]1[C@H](Oc2c3cc4cc2Oc2ccc(cc2Cl)[C@@H](O)[C@@H]2NC(=O)[C@H](NC(=O)[C@@H]4NC(=O)[C@H]4NC(=O)[C@@H](Cc5ccc(cc5)O3)NC(=O)[C@H](NC)c3ccc(O)c(c3)Oc3cc(O)c(Cl)c4c3)c3ccc(O)c(c3)-c3c(O[C@H]4O[C@H](CO)[C@@H](O)[C@H](O)[C@@H]4O)cc(O)cc3[C@@H](C(=O)NCCCN(C)C)NC2=O)O[C@H](C(=O)OC)[C@@H](O)[C@@H]1O. The van der Waals surface area contributed by atoms with Crippen molar-refractivity contribution < 1.29 is 137 Å². The van der Waals surface area contributed by atoms with E-state index in [-0.39, 0.29) is 41.3 Å². The van der Waals surface area contributed by atoms with Gasteiger partial charge in [0.15, 0.2) is 29.1 Å². The molecule has 20 N–H and O–H groups in total. The van der Waals surface area contributed by atoms with Gasteiger partial charge in [0.25, 0.3) is 0 Å². The van der Waals surface area contributed by atoms with Crippen molar-refractivity contribution in [1.82, 2.24) is 52.8 Å². The zero-order chi connectivity index (χ0) is 91.8. The van der Waals surface area contributed by atoms with Gasteiger partial charge in [-0.15, -0.1) is 0 Å². The molecule has 0 aromatic heterocycles. The molecular weight excluding hydrogens is 1720 g/mol. The molecule has 0 spiro atoms. The number of halogens is 2. The third kappa shape index (κ3) is 20.9. The van der Waals surface area contributed by atoms with Crippen LogP contribution >= 0.6 is 23.2 Å². The highest BCUT2D eigenvalue weighted by Gasteiger charge is 2.52. The summed E-state index contributed by atoms with van der Waals surface area (Å²) < 4.78 is 49.9. The summed E-state index contributed by atoms with van der Waals surface area (Å²) in [5, 5.41) is 151. The van der Waals surface area contributed by atoms with Crippen molar-refractivity contribution in [2.45, 2.75) is 187 Å². The third-order valence-electron chi connectivity index (χ3n) is 22.7. The Morgan fingerprint density at radius 3 is 1.90 bits per heavy atom. The van der Waals surface area contributed by atoms with Gasteiger partial charge in [-0.2, -0.15) is 0 Å². The number of amides is 8. The largest absolute Gasteiger partial charge is 0.508 e. The lowest BCUT2D eigenvalue weighted by atomic mass is 9.89. The van der Waals surface area contributed by atoms with E-state index in [4.69, 9.17) is 61.1 Å². The Morgan fingerprint density at radius 1 is 0.555 bits per heavy atom. The summed E-state index contributed by atoms with van der Waals surface area (Å²) in [6, 6.07) is 6.07. The summed E-state index contributed by atoms with van der Waals surface area (Å²) in [6.07, 6.45) is -14.0. The molecule has 8 heterocycles. The van der Waals surface area contributed by atoms with E-state index in [0.29, 0.717) is 31.4 Å². The maximum absolute atomic E-state index is 16.9. The smallest absolute Gasteiger partial charge is 0.337 e. The molecule has 0 saturated carbocycles. The maximum Gasteiger partial charge on any atom is 0.337 e. The molecule has 7 aromatic carbocycles. The predicted octanol–water partition coefficient (Wildman–Crippen LogP) is 4.01. The Balaban J connectivity index is 1.05. The van der Waals surface area contributed by atoms with Crippen LogP contribution in [-0.2, 0) is 63.8 Å². The van der Waals surface area contributed by atoms with E-state index in [9.17, 15) is 70.6 Å². The number of carbonyl (C=O) groups excluding carboxylic acids is 9. The number of nitrogens with one attached hydrogen (secondary N) is 9. The lowest BCUT2D eigenvalue weighted by Gasteiger charge is -2.41. The number of aromatic hydroxyl groups is 4. The molecule has 18 atom stereocenters. The summed E-state index contributed by atoms with van der Waals surface area (Å²) >= 11 is 14.3. The van der Waals surface area contributed by atoms with Crippen LogP contribution in [0.25, 0.3) is 11.1 Å². The highest BCUT2D eigenvalue weighted by Crippen LogP contribution is 2.51. The first-order valence-electron chi connectivity index (χ1n) is 41.5. The number of aliphatic hydroxyl groups is 7. The Bertz CT molecular complexity index is 5320. The van der Waals surface area contributed by atoms with Crippen LogP contribution in [0.2, 0.25) is 10.0 Å². The normalized spacial score (nSPS) is 25.8. The number of nitrogens with zero attached hydrogens (tertiary/aromatic N) is 1. The van der Waals surface area contributed by atoms with Crippen LogP contribution in [0.1, 0.15) is 146 Å². The second-order valence-electron chi connectivity index (χ2n) is 32.1. The van der Waals surface area contributed by atoms with Gasteiger partial charge < -0.3 is 147 Å². The molecule has 38 nitrogen and oxygen atoms in total. The number of likely N-dealkylation sites (N-methyl/N-ethyl adjacent to an activating group) is 1. The van der Waals surface area contributed by atoms with Gasteiger partial charge in [0.05, 0.1) is 23.8 Å². The lowest BCUT2D eigenvalue weighted by Crippen LogP contribution is -2.66. The second kappa shape index (κ2) is 41.0. The van der Waals surface area contributed by atoms with Gasteiger partial charge in [0.2, 0.25) is 65.6 Å². The summed E-state index contributed by atoms with van der Waals surface area (Å²) in [5.41, 5.74) is -2.58. The average Bonchev–Trinajstić information content (AvgIpc) is 0.758. The molecule has 40 heteroatoms. The van der Waals surface area contributed by atoms with E-state index in [1.807, 2.05) is 4.90 Å². The molecule has 0 unspecified atom stereocenters. The second-order valence-corrected chi connectivity index (χ2v) is 32.8. The zero-order valence-corrected chi connectivity index (χ0v) is 71.3. The molecule has 17 bridgehead atoms. The molecule has 15 rings (SSSR count). The monoisotopic (exact) mass is 1810 g/mol. The van der Waals surface area contributed by atoms with Gasteiger partial charge in [-0.05, 0) is 147 Å². The quantitative estimate of drug-likeness (QED) is 0.0337. The van der Waals surface area contributed by atoms with Crippen LogP contribution in [0.5, 0.6) is 69.0 Å². The van der Waals surface area contributed by atoms with Crippen molar-refractivity contribution in [3.8, 4) is 80.1 Å². The van der Waals surface area contributed by atoms with E-state index in [1.54, 1.807) is 14.1 Å². The molecule has 0 aliphatic carbocycles. The number of phenolic OH excluding ortho intramolecular Hbond substituents is 4. The van der Waals surface area contributed by atoms with Crippen LogP contribution in [0.3, 0.4) is 0 Å².